The van der Waals surface area contributed by atoms with Crippen LogP contribution in [0.4, 0.5) is 0 Å². The van der Waals surface area contributed by atoms with Crippen molar-refractivity contribution in [1.29, 1.82) is 0 Å². The summed E-state index contributed by atoms with van der Waals surface area (Å²) in [6.45, 7) is 0. The summed E-state index contributed by atoms with van der Waals surface area (Å²) in [7, 11) is 0. The van der Waals surface area contributed by atoms with E-state index in [-0.39, 0.29) is 0 Å². The molecule has 18 heavy (non-hydrogen) atoms. The molecule has 90 valence electrons. The first-order valence-electron chi connectivity index (χ1n) is 5.63. The smallest absolute Gasteiger partial charge is 0.119 e. The number of fused-ring (bicyclic) bond motifs is 1. The normalized spacial score (nSPS) is 10.9. The molecule has 3 aromatic rings. The Morgan fingerprint density at radius 2 is 2.00 bits per heavy atom. The first-order chi connectivity index (χ1) is 8.72. The van der Waals surface area contributed by atoms with Crippen LogP contribution in [0.1, 0.15) is 11.4 Å². The number of hydrogen-bond acceptors (Lipinski definition) is 2. The first-order valence-corrected chi connectivity index (χ1v) is 6.43. The Morgan fingerprint density at radius 1 is 1.17 bits per heavy atom. The maximum atomic E-state index is 9.74. The molecule has 4 heteroatoms. The van der Waals surface area contributed by atoms with Gasteiger partial charge in [-0.15, -0.1) is 0 Å². The van der Waals surface area contributed by atoms with Crippen LogP contribution in [0.5, 0.6) is 5.75 Å². The minimum Gasteiger partial charge on any atom is -0.508 e. The van der Waals surface area contributed by atoms with Gasteiger partial charge in [-0.25, -0.2) is 4.98 Å². The number of phenols is 1. The summed E-state index contributed by atoms with van der Waals surface area (Å²) in [6, 6.07) is 13.2. The van der Waals surface area contributed by atoms with Gasteiger partial charge >= 0.3 is 0 Å². The molecule has 0 atom stereocenters. The van der Waals surface area contributed by atoms with E-state index in [0.717, 1.165) is 26.9 Å². The monoisotopic (exact) mass is 302 g/mol. The molecule has 2 N–H and O–H groups in total. The number of aromatic nitrogens is 2. The number of rotatable bonds is 2. The molecule has 0 bridgehead atoms. The highest BCUT2D eigenvalue weighted by Crippen LogP contribution is 2.21. The molecule has 0 saturated carbocycles. The summed E-state index contributed by atoms with van der Waals surface area (Å²) >= 11 is 3.43. The van der Waals surface area contributed by atoms with Gasteiger partial charge in [-0.3, -0.25) is 0 Å². The second kappa shape index (κ2) is 4.46. The van der Waals surface area contributed by atoms with Crippen LogP contribution in [0.3, 0.4) is 0 Å². The molecule has 2 aromatic carbocycles. The highest BCUT2D eigenvalue weighted by atomic mass is 79.9. The van der Waals surface area contributed by atoms with Gasteiger partial charge in [0.25, 0.3) is 0 Å². The summed E-state index contributed by atoms with van der Waals surface area (Å²) < 4.78 is 1.02. The number of imidazole rings is 1. The van der Waals surface area contributed by atoms with Crippen LogP contribution in [-0.2, 0) is 6.42 Å². The number of H-pyrrole nitrogens is 1. The Kier molecular flexibility index (Phi) is 2.80. The zero-order valence-electron chi connectivity index (χ0n) is 9.52. The van der Waals surface area contributed by atoms with E-state index in [2.05, 4.69) is 25.9 Å². The average molecular weight is 303 g/mol. The van der Waals surface area contributed by atoms with E-state index in [1.165, 1.54) is 0 Å². The zero-order chi connectivity index (χ0) is 12.5. The van der Waals surface area contributed by atoms with Gasteiger partial charge < -0.3 is 10.1 Å². The third kappa shape index (κ3) is 2.11. The fourth-order valence-corrected chi connectivity index (χ4v) is 2.32. The Hall–Kier alpha value is -1.81. The predicted octanol–water partition coefficient (Wildman–Crippen LogP) is 3.62. The van der Waals surface area contributed by atoms with Crippen LogP contribution in [0.15, 0.2) is 46.9 Å². The second-order valence-corrected chi connectivity index (χ2v) is 5.07. The van der Waals surface area contributed by atoms with Gasteiger partial charge in [-0.1, -0.05) is 34.1 Å². The standard InChI is InChI=1S/C14H11BrN2O/c15-10-5-6-11-12(8-10)17-14(16-11)7-9-3-1-2-4-13(9)18/h1-6,8,18H,7H2,(H,16,17). The molecule has 0 unspecified atom stereocenters. The summed E-state index contributed by atoms with van der Waals surface area (Å²) in [4.78, 5) is 7.76. The number of nitrogens with zero attached hydrogens (tertiary/aromatic N) is 1. The molecule has 0 radical (unpaired) electrons. The number of hydrogen-bond donors (Lipinski definition) is 2. The van der Waals surface area contributed by atoms with E-state index in [9.17, 15) is 5.11 Å². The zero-order valence-corrected chi connectivity index (χ0v) is 11.1. The van der Waals surface area contributed by atoms with Crippen LogP contribution < -0.4 is 0 Å². The molecule has 1 heterocycles. The quantitative estimate of drug-likeness (QED) is 0.759. The van der Waals surface area contributed by atoms with Gasteiger partial charge in [0.2, 0.25) is 0 Å². The fourth-order valence-electron chi connectivity index (χ4n) is 1.96. The maximum absolute atomic E-state index is 9.74. The van der Waals surface area contributed by atoms with E-state index in [1.807, 2.05) is 36.4 Å². The van der Waals surface area contributed by atoms with Gasteiger partial charge in [0.05, 0.1) is 11.0 Å². The van der Waals surface area contributed by atoms with Crippen LogP contribution in [0, 0.1) is 0 Å². The van der Waals surface area contributed by atoms with Gasteiger partial charge in [0.1, 0.15) is 11.6 Å². The third-order valence-corrected chi connectivity index (χ3v) is 3.34. The highest BCUT2D eigenvalue weighted by molar-refractivity contribution is 9.10. The third-order valence-electron chi connectivity index (χ3n) is 2.84. The maximum Gasteiger partial charge on any atom is 0.119 e. The first kappa shape index (κ1) is 11.3. The van der Waals surface area contributed by atoms with Crippen molar-refractivity contribution in [1.82, 2.24) is 9.97 Å². The molecule has 0 amide bonds. The summed E-state index contributed by atoms with van der Waals surface area (Å²) in [5.41, 5.74) is 2.80. The molecule has 0 fully saturated rings. The fraction of sp³-hybridized carbons (Fsp3) is 0.0714. The number of benzene rings is 2. The van der Waals surface area contributed by atoms with Gasteiger partial charge in [-0.05, 0) is 24.3 Å². The lowest BCUT2D eigenvalue weighted by atomic mass is 10.1. The lowest BCUT2D eigenvalue weighted by molar-refractivity contribution is 0.469. The number of halogens is 1. The second-order valence-electron chi connectivity index (χ2n) is 4.15. The summed E-state index contributed by atoms with van der Waals surface area (Å²) in [5, 5.41) is 9.74. The van der Waals surface area contributed by atoms with E-state index in [1.54, 1.807) is 6.07 Å². The molecule has 0 aliphatic rings. The van der Waals surface area contributed by atoms with Crippen molar-refractivity contribution in [2.75, 3.05) is 0 Å². The van der Waals surface area contributed by atoms with Gasteiger partial charge in [0.15, 0.2) is 0 Å². The Labute approximate surface area is 113 Å². The average Bonchev–Trinajstić information content (AvgIpc) is 2.73. The number of aromatic hydroxyl groups is 1. The van der Waals surface area contributed by atoms with Gasteiger partial charge in [0, 0.05) is 16.5 Å². The van der Waals surface area contributed by atoms with Crippen LogP contribution in [0.25, 0.3) is 11.0 Å². The van der Waals surface area contributed by atoms with Crippen molar-refractivity contribution >= 4 is 27.0 Å². The van der Waals surface area contributed by atoms with E-state index in [4.69, 9.17) is 0 Å². The van der Waals surface area contributed by atoms with Crippen molar-refractivity contribution in [3.63, 3.8) is 0 Å². The van der Waals surface area contributed by atoms with Crippen molar-refractivity contribution in [3.05, 3.63) is 58.3 Å². The number of phenolic OH excluding ortho intramolecular Hbond substituents is 1. The predicted molar refractivity (Wildman–Crippen MR) is 74.7 cm³/mol. The Morgan fingerprint density at radius 3 is 2.83 bits per heavy atom. The molecule has 0 spiro atoms. The summed E-state index contributed by atoms with van der Waals surface area (Å²) in [6.07, 6.45) is 0.596. The highest BCUT2D eigenvalue weighted by Gasteiger charge is 2.06. The Balaban J connectivity index is 1.98. The summed E-state index contributed by atoms with van der Waals surface area (Å²) in [5.74, 6) is 1.16. The molecule has 0 aliphatic carbocycles. The number of para-hydroxylation sites is 1. The van der Waals surface area contributed by atoms with Crippen LogP contribution >= 0.6 is 15.9 Å². The van der Waals surface area contributed by atoms with Crippen molar-refractivity contribution in [2.24, 2.45) is 0 Å². The minimum absolute atomic E-state index is 0.305. The molecule has 1 aromatic heterocycles. The number of aromatic amines is 1. The Bertz CT molecular complexity index is 706. The van der Waals surface area contributed by atoms with E-state index >= 15 is 0 Å². The molecular formula is C14H11BrN2O. The molecule has 3 rings (SSSR count). The largest absolute Gasteiger partial charge is 0.508 e. The van der Waals surface area contributed by atoms with Crippen LogP contribution in [0.2, 0.25) is 0 Å². The lowest BCUT2D eigenvalue weighted by Crippen LogP contribution is -1.90. The van der Waals surface area contributed by atoms with Crippen LogP contribution in [-0.4, -0.2) is 15.1 Å². The van der Waals surface area contributed by atoms with Crippen molar-refractivity contribution < 1.29 is 5.11 Å². The molecule has 3 nitrogen and oxygen atoms in total. The van der Waals surface area contributed by atoms with Crippen molar-refractivity contribution in [2.45, 2.75) is 6.42 Å². The van der Waals surface area contributed by atoms with E-state index < -0.39 is 0 Å². The SMILES string of the molecule is Oc1ccccc1Cc1nc2ccc(Br)cc2[nH]1. The lowest BCUT2D eigenvalue weighted by Gasteiger charge is -2.00. The van der Waals surface area contributed by atoms with E-state index in [0.29, 0.717) is 12.2 Å². The van der Waals surface area contributed by atoms with Gasteiger partial charge in [-0.2, -0.15) is 0 Å². The number of nitrogens with one attached hydrogen (secondary N) is 1. The van der Waals surface area contributed by atoms with Crippen molar-refractivity contribution in [3.8, 4) is 5.75 Å². The topological polar surface area (TPSA) is 48.9 Å². The molecule has 0 saturated heterocycles. The minimum atomic E-state index is 0.305. The molecule has 0 aliphatic heterocycles. The molecular weight excluding hydrogens is 292 g/mol.